The van der Waals surface area contributed by atoms with Crippen LogP contribution in [0.2, 0.25) is 0 Å². The summed E-state index contributed by atoms with van der Waals surface area (Å²) in [6.45, 7) is 4.23. The lowest BCUT2D eigenvalue weighted by atomic mass is 10.1. The molecule has 2 rings (SSSR count). The molecule has 1 aromatic carbocycles. The first kappa shape index (κ1) is 11.4. The van der Waals surface area contributed by atoms with Crippen LogP contribution in [0, 0.1) is 0 Å². The van der Waals surface area contributed by atoms with Gasteiger partial charge < -0.3 is 15.0 Å². The van der Waals surface area contributed by atoms with Crippen molar-refractivity contribution in [1.29, 1.82) is 0 Å². The molecular weight excluding hydrogens is 220 g/mol. The van der Waals surface area contributed by atoms with Gasteiger partial charge in [-0.05, 0) is 26.0 Å². The lowest BCUT2D eigenvalue weighted by Gasteiger charge is -2.32. The second-order valence-electron chi connectivity index (χ2n) is 3.79. The van der Waals surface area contributed by atoms with Gasteiger partial charge in [0.1, 0.15) is 5.75 Å². The molecule has 1 atom stereocenters. The van der Waals surface area contributed by atoms with Gasteiger partial charge in [-0.1, -0.05) is 0 Å². The number of nitrogens with zero attached hydrogens (tertiary/aromatic N) is 1. The van der Waals surface area contributed by atoms with E-state index in [1.807, 2.05) is 6.92 Å². The fourth-order valence-corrected chi connectivity index (χ4v) is 1.89. The van der Waals surface area contributed by atoms with Crippen molar-refractivity contribution in [3.63, 3.8) is 0 Å². The zero-order valence-electron chi connectivity index (χ0n) is 9.77. The lowest BCUT2D eigenvalue weighted by molar-refractivity contribution is -0.125. The van der Waals surface area contributed by atoms with Gasteiger partial charge in [-0.15, -0.1) is 0 Å². The highest BCUT2D eigenvalue weighted by Crippen LogP contribution is 2.35. The van der Waals surface area contributed by atoms with Gasteiger partial charge in [-0.25, -0.2) is 0 Å². The fraction of sp³-hybridized carbons (Fsp3) is 0.333. The molecular formula is C12H14N2O3. The van der Waals surface area contributed by atoms with Gasteiger partial charge in [0.2, 0.25) is 6.41 Å². The molecule has 0 saturated heterocycles. The molecule has 1 aliphatic heterocycles. The van der Waals surface area contributed by atoms with Crippen molar-refractivity contribution in [3.8, 4) is 5.75 Å². The molecule has 0 saturated carbocycles. The Morgan fingerprint density at radius 3 is 2.94 bits per heavy atom. The fourth-order valence-electron chi connectivity index (χ4n) is 1.89. The Balaban J connectivity index is 2.42. The average Bonchev–Trinajstić information content (AvgIpc) is 2.31. The predicted molar refractivity (Wildman–Crippen MR) is 64.2 cm³/mol. The molecule has 1 aliphatic rings. The third-order valence-electron chi connectivity index (χ3n) is 2.71. The van der Waals surface area contributed by atoms with E-state index in [9.17, 15) is 9.59 Å². The summed E-state index contributed by atoms with van der Waals surface area (Å²) >= 11 is 0. The number of amides is 2. The summed E-state index contributed by atoms with van der Waals surface area (Å²) in [4.78, 5) is 23.9. The molecule has 1 unspecified atom stereocenters. The summed E-state index contributed by atoms with van der Waals surface area (Å²) in [5, 5.41) is 2.55. The van der Waals surface area contributed by atoms with E-state index in [4.69, 9.17) is 4.74 Å². The number of benzene rings is 1. The number of carbonyl (C=O) groups excluding carboxylic acids is 2. The maximum absolute atomic E-state index is 11.9. The van der Waals surface area contributed by atoms with E-state index in [2.05, 4.69) is 5.32 Å². The van der Waals surface area contributed by atoms with Gasteiger partial charge in [-0.2, -0.15) is 0 Å². The van der Waals surface area contributed by atoms with E-state index in [0.29, 0.717) is 24.4 Å². The Labute approximate surface area is 99.4 Å². The molecule has 1 N–H and O–H groups in total. The van der Waals surface area contributed by atoms with Crippen LogP contribution in [0.1, 0.15) is 13.8 Å². The number of likely N-dealkylation sites (N-methyl/N-ethyl adjacent to an activating group) is 1. The van der Waals surface area contributed by atoms with Gasteiger partial charge >= 0.3 is 0 Å². The van der Waals surface area contributed by atoms with Crippen molar-refractivity contribution in [1.82, 2.24) is 0 Å². The molecule has 0 aliphatic carbocycles. The van der Waals surface area contributed by atoms with Crippen LogP contribution in [-0.4, -0.2) is 25.0 Å². The largest absolute Gasteiger partial charge is 0.479 e. The molecule has 0 aromatic heterocycles. The normalized spacial score (nSPS) is 18.4. The van der Waals surface area contributed by atoms with E-state index in [1.54, 1.807) is 30.0 Å². The molecule has 0 fully saturated rings. The van der Waals surface area contributed by atoms with Crippen molar-refractivity contribution < 1.29 is 14.3 Å². The third kappa shape index (κ3) is 1.95. The first-order valence-corrected chi connectivity index (χ1v) is 5.49. The van der Waals surface area contributed by atoms with Crippen molar-refractivity contribution in [2.45, 2.75) is 20.0 Å². The second-order valence-corrected chi connectivity index (χ2v) is 3.79. The zero-order chi connectivity index (χ0) is 12.4. The van der Waals surface area contributed by atoms with Crippen LogP contribution in [-0.2, 0) is 9.59 Å². The summed E-state index contributed by atoms with van der Waals surface area (Å²) in [5.74, 6) is 0.571. The minimum absolute atomic E-state index is 0.0453. The second kappa shape index (κ2) is 4.45. The highest BCUT2D eigenvalue weighted by molar-refractivity contribution is 6.00. The molecule has 90 valence electrons. The summed E-state index contributed by atoms with van der Waals surface area (Å²) in [7, 11) is 0. The molecule has 5 heteroatoms. The van der Waals surface area contributed by atoms with Crippen LogP contribution in [0.5, 0.6) is 5.75 Å². The topological polar surface area (TPSA) is 58.6 Å². The average molecular weight is 234 g/mol. The van der Waals surface area contributed by atoms with Crippen LogP contribution in [0.4, 0.5) is 11.4 Å². The Kier molecular flexibility index (Phi) is 2.99. The van der Waals surface area contributed by atoms with Gasteiger partial charge in [-0.3, -0.25) is 9.59 Å². The minimum atomic E-state index is -0.492. The number of fused-ring (bicyclic) bond motifs is 1. The minimum Gasteiger partial charge on any atom is -0.479 e. The Morgan fingerprint density at radius 2 is 2.29 bits per heavy atom. The van der Waals surface area contributed by atoms with Crippen LogP contribution in [0.25, 0.3) is 0 Å². The smallest absolute Gasteiger partial charge is 0.267 e. The maximum Gasteiger partial charge on any atom is 0.267 e. The Bertz CT molecular complexity index is 459. The van der Waals surface area contributed by atoms with E-state index in [1.165, 1.54) is 0 Å². The molecule has 1 aromatic rings. The Morgan fingerprint density at radius 1 is 1.53 bits per heavy atom. The molecule has 2 amide bonds. The predicted octanol–water partition coefficient (Wildman–Crippen LogP) is 1.39. The van der Waals surface area contributed by atoms with Gasteiger partial charge in [0.15, 0.2) is 6.10 Å². The van der Waals surface area contributed by atoms with E-state index in [0.717, 1.165) is 5.69 Å². The van der Waals surface area contributed by atoms with Gasteiger partial charge in [0.25, 0.3) is 5.91 Å². The van der Waals surface area contributed by atoms with Crippen molar-refractivity contribution in [3.05, 3.63) is 18.2 Å². The SMILES string of the molecule is CCN1C(=O)C(C)Oc2cc(NC=O)ccc21. The standard InChI is InChI=1S/C12H14N2O3/c1-3-14-10-5-4-9(13-7-15)6-11(10)17-8(2)12(14)16/h4-8H,3H2,1-2H3,(H,13,15). The maximum atomic E-state index is 11.9. The highest BCUT2D eigenvalue weighted by atomic mass is 16.5. The van der Waals surface area contributed by atoms with Crippen LogP contribution >= 0.6 is 0 Å². The summed E-state index contributed by atoms with van der Waals surface area (Å²) < 4.78 is 5.52. The molecule has 1 heterocycles. The van der Waals surface area contributed by atoms with E-state index in [-0.39, 0.29) is 5.91 Å². The van der Waals surface area contributed by atoms with Crippen LogP contribution < -0.4 is 15.0 Å². The molecule has 17 heavy (non-hydrogen) atoms. The van der Waals surface area contributed by atoms with Crippen molar-refractivity contribution >= 4 is 23.7 Å². The highest BCUT2D eigenvalue weighted by Gasteiger charge is 2.30. The number of hydrogen-bond donors (Lipinski definition) is 1. The molecule has 0 radical (unpaired) electrons. The van der Waals surface area contributed by atoms with Crippen molar-refractivity contribution in [2.75, 3.05) is 16.8 Å². The van der Waals surface area contributed by atoms with Crippen LogP contribution in [0.15, 0.2) is 18.2 Å². The zero-order valence-corrected chi connectivity index (χ0v) is 9.77. The Hall–Kier alpha value is -2.04. The number of carbonyl (C=O) groups is 2. The number of ether oxygens (including phenoxy) is 1. The lowest BCUT2D eigenvalue weighted by Crippen LogP contribution is -2.44. The number of hydrogen-bond acceptors (Lipinski definition) is 3. The van der Waals surface area contributed by atoms with Crippen LogP contribution in [0.3, 0.4) is 0 Å². The first-order valence-electron chi connectivity index (χ1n) is 5.49. The monoisotopic (exact) mass is 234 g/mol. The van der Waals surface area contributed by atoms with Gasteiger partial charge in [0.05, 0.1) is 5.69 Å². The molecule has 0 spiro atoms. The quantitative estimate of drug-likeness (QED) is 0.804. The molecule has 0 bridgehead atoms. The number of nitrogens with one attached hydrogen (secondary N) is 1. The van der Waals surface area contributed by atoms with Crippen molar-refractivity contribution in [2.24, 2.45) is 0 Å². The van der Waals surface area contributed by atoms with Gasteiger partial charge in [0, 0.05) is 18.3 Å². The van der Waals surface area contributed by atoms with E-state index >= 15 is 0 Å². The number of rotatable bonds is 3. The summed E-state index contributed by atoms with van der Waals surface area (Å²) in [6.07, 6.45) is 0.116. The summed E-state index contributed by atoms with van der Waals surface area (Å²) in [5.41, 5.74) is 1.39. The summed E-state index contributed by atoms with van der Waals surface area (Å²) in [6, 6.07) is 5.23. The molecule has 5 nitrogen and oxygen atoms in total. The first-order chi connectivity index (χ1) is 8.17. The van der Waals surface area contributed by atoms with E-state index < -0.39 is 6.10 Å². The number of anilines is 2. The third-order valence-corrected chi connectivity index (χ3v) is 2.71.